The molecular weight excluding hydrogens is 300 g/mol. The summed E-state index contributed by atoms with van der Waals surface area (Å²) in [6.07, 6.45) is 3.06. The van der Waals surface area contributed by atoms with Crippen LogP contribution in [0, 0.1) is 0 Å². The Hall–Kier alpha value is -1.57. The summed E-state index contributed by atoms with van der Waals surface area (Å²) in [5.74, 6) is 0. The third kappa shape index (κ3) is 3.12. The molecule has 1 heterocycles. The summed E-state index contributed by atoms with van der Waals surface area (Å²) in [7, 11) is -3.74. The Balaban J connectivity index is 2.30. The molecule has 0 amide bonds. The van der Waals surface area contributed by atoms with Crippen molar-refractivity contribution in [3.05, 3.63) is 41.2 Å². The Bertz CT molecular complexity index is 712. The number of halogens is 1. The molecule has 2 aromatic rings. The molecule has 0 bridgehead atoms. The van der Waals surface area contributed by atoms with Gasteiger partial charge in [0.15, 0.2) is 0 Å². The zero-order valence-electron chi connectivity index (χ0n) is 10.9. The Morgan fingerprint density at radius 1 is 1.45 bits per heavy atom. The van der Waals surface area contributed by atoms with Gasteiger partial charge in [-0.05, 0) is 24.6 Å². The number of aromatic nitrogens is 2. The lowest BCUT2D eigenvalue weighted by Gasteiger charge is -2.08. The van der Waals surface area contributed by atoms with E-state index in [-0.39, 0.29) is 9.92 Å². The molecule has 0 unspecified atom stereocenters. The molecule has 1 aromatic carbocycles. The topological polar surface area (TPSA) is 90.0 Å². The molecule has 0 atom stereocenters. The van der Waals surface area contributed by atoms with Crippen LogP contribution in [0.4, 0.5) is 5.69 Å². The number of hydrogen-bond donors (Lipinski definition) is 2. The van der Waals surface area contributed by atoms with Crippen molar-refractivity contribution >= 4 is 27.3 Å². The van der Waals surface area contributed by atoms with Crippen molar-refractivity contribution in [2.24, 2.45) is 5.73 Å². The molecule has 0 aliphatic heterocycles. The molecule has 2 rings (SSSR count). The lowest BCUT2D eigenvalue weighted by molar-refractivity contribution is 0.601. The first-order valence-electron chi connectivity index (χ1n) is 6.00. The average Bonchev–Trinajstić information content (AvgIpc) is 2.85. The molecule has 0 saturated heterocycles. The highest BCUT2D eigenvalue weighted by atomic mass is 35.5. The van der Waals surface area contributed by atoms with Gasteiger partial charge >= 0.3 is 0 Å². The fraction of sp³-hybridized carbons (Fsp3) is 0.250. The number of rotatable bonds is 5. The molecule has 0 fully saturated rings. The quantitative estimate of drug-likeness (QED) is 0.880. The monoisotopic (exact) mass is 314 g/mol. The maximum atomic E-state index is 12.3. The molecule has 0 aliphatic rings. The number of hydrogen-bond acceptors (Lipinski definition) is 4. The lowest BCUT2D eigenvalue weighted by atomic mass is 10.2. The van der Waals surface area contributed by atoms with Crippen LogP contribution < -0.4 is 10.5 Å². The summed E-state index contributed by atoms with van der Waals surface area (Å²) in [6, 6.07) is 4.62. The van der Waals surface area contributed by atoms with Crippen LogP contribution in [-0.4, -0.2) is 18.2 Å². The zero-order chi connectivity index (χ0) is 14.8. The first-order chi connectivity index (χ1) is 9.46. The summed E-state index contributed by atoms with van der Waals surface area (Å²) in [5, 5.41) is 4.14. The van der Waals surface area contributed by atoms with Gasteiger partial charge in [0, 0.05) is 19.3 Å². The number of benzene rings is 1. The minimum Gasteiger partial charge on any atom is -0.326 e. The van der Waals surface area contributed by atoms with E-state index in [4.69, 9.17) is 17.3 Å². The maximum absolute atomic E-state index is 12.3. The molecule has 3 N–H and O–H groups in total. The van der Waals surface area contributed by atoms with Crippen molar-refractivity contribution in [2.45, 2.75) is 24.9 Å². The Labute approximate surface area is 122 Å². The van der Waals surface area contributed by atoms with Gasteiger partial charge in [-0.1, -0.05) is 17.7 Å². The minimum absolute atomic E-state index is 0.0145. The smallest absolute Gasteiger partial charge is 0.263 e. The first-order valence-corrected chi connectivity index (χ1v) is 7.86. The van der Waals surface area contributed by atoms with Gasteiger partial charge in [-0.2, -0.15) is 5.10 Å². The summed E-state index contributed by atoms with van der Waals surface area (Å²) in [4.78, 5) is 0.0145. The molecule has 0 saturated carbocycles. The predicted molar refractivity (Wildman–Crippen MR) is 78.1 cm³/mol. The van der Waals surface area contributed by atoms with Gasteiger partial charge in [0.1, 0.15) is 4.90 Å². The summed E-state index contributed by atoms with van der Waals surface area (Å²) in [6.45, 7) is 2.87. The van der Waals surface area contributed by atoms with Crippen molar-refractivity contribution in [3.63, 3.8) is 0 Å². The van der Waals surface area contributed by atoms with E-state index in [1.54, 1.807) is 23.0 Å². The van der Waals surface area contributed by atoms with Crippen molar-refractivity contribution in [3.8, 4) is 0 Å². The summed E-state index contributed by atoms with van der Waals surface area (Å²) >= 11 is 6.00. The lowest BCUT2D eigenvalue weighted by Crippen LogP contribution is -2.13. The van der Waals surface area contributed by atoms with Crippen LogP contribution in [0.5, 0.6) is 0 Å². The number of nitrogens with zero attached hydrogens (tertiary/aromatic N) is 2. The van der Waals surface area contributed by atoms with E-state index in [2.05, 4.69) is 9.82 Å². The second-order valence-electron chi connectivity index (χ2n) is 4.16. The van der Waals surface area contributed by atoms with Crippen LogP contribution in [-0.2, 0) is 23.1 Å². The number of sulfonamides is 1. The van der Waals surface area contributed by atoms with Gasteiger partial charge in [0.25, 0.3) is 10.0 Å². The Kier molecular flexibility index (Phi) is 4.32. The zero-order valence-corrected chi connectivity index (χ0v) is 12.4. The Morgan fingerprint density at radius 3 is 2.75 bits per heavy atom. The second-order valence-corrected chi connectivity index (χ2v) is 6.22. The van der Waals surface area contributed by atoms with Crippen LogP contribution in [0.15, 0.2) is 35.5 Å². The SMILES string of the molecule is CCn1cc(NS(=O)(=O)c2ccc(CN)cc2Cl)cn1. The fourth-order valence-electron chi connectivity index (χ4n) is 1.69. The Morgan fingerprint density at radius 2 is 2.20 bits per heavy atom. The van der Waals surface area contributed by atoms with Crippen LogP contribution in [0.1, 0.15) is 12.5 Å². The fourth-order valence-corrected chi connectivity index (χ4v) is 3.28. The molecule has 1 aromatic heterocycles. The molecule has 108 valence electrons. The third-order valence-corrected chi connectivity index (χ3v) is 4.60. The van der Waals surface area contributed by atoms with Crippen LogP contribution in [0.2, 0.25) is 5.02 Å². The van der Waals surface area contributed by atoms with Gasteiger partial charge in [-0.15, -0.1) is 0 Å². The van der Waals surface area contributed by atoms with E-state index in [1.165, 1.54) is 12.3 Å². The van der Waals surface area contributed by atoms with E-state index >= 15 is 0 Å². The van der Waals surface area contributed by atoms with Crippen molar-refractivity contribution in [1.29, 1.82) is 0 Å². The van der Waals surface area contributed by atoms with Crippen molar-refractivity contribution in [1.82, 2.24) is 9.78 Å². The standard InChI is InChI=1S/C12H15ClN4O2S/c1-2-17-8-10(7-15-17)16-20(18,19)12-4-3-9(6-14)5-11(12)13/h3-5,7-8,16H,2,6,14H2,1H3. The molecule has 20 heavy (non-hydrogen) atoms. The van der Waals surface area contributed by atoms with Gasteiger partial charge in [-0.3, -0.25) is 9.40 Å². The van der Waals surface area contributed by atoms with Crippen molar-refractivity contribution < 1.29 is 8.42 Å². The van der Waals surface area contributed by atoms with Gasteiger partial charge in [0.05, 0.1) is 16.9 Å². The van der Waals surface area contributed by atoms with Gasteiger partial charge in [0.2, 0.25) is 0 Å². The van der Waals surface area contributed by atoms with E-state index in [0.29, 0.717) is 18.8 Å². The number of nitrogens with two attached hydrogens (primary N) is 1. The summed E-state index contributed by atoms with van der Waals surface area (Å²) in [5.41, 5.74) is 6.65. The summed E-state index contributed by atoms with van der Waals surface area (Å²) < 4.78 is 28.6. The average molecular weight is 315 g/mol. The molecule has 0 radical (unpaired) electrons. The first kappa shape index (κ1) is 14.8. The highest BCUT2D eigenvalue weighted by molar-refractivity contribution is 7.92. The number of anilines is 1. The van der Waals surface area contributed by atoms with Crippen molar-refractivity contribution in [2.75, 3.05) is 4.72 Å². The third-order valence-electron chi connectivity index (χ3n) is 2.73. The normalized spacial score (nSPS) is 11.6. The van der Waals surface area contributed by atoms with Gasteiger partial charge < -0.3 is 5.73 Å². The second kappa shape index (κ2) is 5.82. The van der Waals surface area contributed by atoms with Crippen LogP contribution >= 0.6 is 11.6 Å². The number of aryl methyl sites for hydroxylation is 1. The van der Waals surface area contributed by atoms with E-state index in [1.807, 2.05) is 6.92 Å². The largest absolute Gasteiger partial charge is 0.326 e. The highest BCUT2D eigenvalue weighted by Crippen LogP contribution is 2.24. The van der Waals surface area contributed by atoms with E-state index in [9.17, 15) is 8.42 Å². The molecule has 0 aliphatic carbocycles. The number of nitrogens with one attached hydrogen (secondary N) is 1. The van der Waals surface area contributed by atoms with Crippen LogP contribution in [0.25, 0.3) is 0 Å². The van der Waals surface area contributed by atoms with E-state index in [0.717, 1.165) is 5.56 Å². The minimum atomic E-state index is -3.74. The van der Waals surface area contributed by atoms with E-state index < -0.39 is 10.0 Å². The highest BCUT2D eigenvalue weighted by Gasteiger charge is 2.18. The van der Waals surface area contributed by atoms with Crippen LogP contribution in [0.3, 0.4) is 0 Å². The van der Waals surface area contributed by atoms with Gasteiger partial charge in [-0.25, -0.2) is 8.42 Å². The molecule has 8 heteroatoms. The predicted octanol–water partition coefficient (Wildman–Crippen LogP) is 1.82. The molecule has 0 spiro atoms. The maximum Gasteiger partial charge on any atom is 0.263 e. The molecule has 6 nitrogen and oxygen atoms in total. The molecular formula is C12H15ClN4O2S.